The number of hydrogen-bond acceptors (Lipinski definition) is 3. The number of carbonyl (C=O) groups excluding carboxylic acids is 1. The highest BCUT2D eigenvalue weighted by Gasteiger charge is 2.25. The molecular formula is C9H19NOS2. The second kappa shape index (κ2) is 5.15. The van der Waals surface area contributed by atoms with Crippen molar-refractivity contribution in [3.63, 3.8) is 0 Å². The Labute approximate surface area is 91.7 Å². The maximum Gasteiger partial charge on any atom is 0.235 e. The topological polar surface area (TPSA) is 29.1 Å². The van der Waals surface area contributed by atoms with Gasteiger partial charge in [-0.2, -0.15) is 25.3 Å². The Hall–Kier alpha value is 0.170. The van der Waals surface area contributed by atoms with Gasteiger partial charge in [-0.25, -0.2) is 0 Å². The van der Waals surface area contributed by atoms with Crippen LogP contribution in [0, 0.1) is 5.92 Å². The van der Waals surface area contributed by atoms with Crippen molar-refractivity contribution in [3.8, 4) is 0 Å². The molecule has 4 heteroatoms. The molecule has 1 atom stereocenters. The summed E-state index contributed by atoms with van der Waals surface area (Å²) in [6, 6.07) is 0.127. The molecule has 0 bridgehead atoms. The van der Waals surface area contributed by atoms with Gasteiger partial charge < -0.3 is 5.32 Å². The van der Waals surface area contributed by atoms with E-state index in [4.69, 9.17) is 0 Å². The van der Waals surface area contributed by atoms with E-state index in [1.54, 1.807) is 13.8 Å². The van der Waals surface area contributed by atoms with Crippen molar-refractivity contribution in [2.24, 2.45) is 5.92 Å². The second-order valence-corrected chi connectivity index (χ2v) is 5.55. The fourth-order valence-corrected chi connectivity index (χ4v) is 1.35. The predicted molar refractivity (Wildman–Crippen MR) is 63.7 cm³/mol. The van der Waals surface area contributed by atoms with E-state index in [0.717, 1.165) is 0 Å². The first kappa shape index (κ1) is 13.2. The summed E-state index contributed by atoms with van der Waals surface area (Å²) in [7, 11) is 0. The molecule has 2 nitrogen and oxygen atoms in total. The van der Waals surface area contributed by atoms with Gasteiger partial charge in [-0.3, -0.25) is 4.79 Å². The van der Waals surface area contributed by atoms with Crippen molar-refractivity contribution >= 4 is 31.2 Å². The summed E-state index contributed by atoms with van der Waals surface area (Å²) >= 11 is 8.38. The fourth-order valence-electron chi connectivity index (χ4n) is 0.768. The molecule has 0 unspecified atom stereocenters. The van der Waals surface area contributed by atoms with Gasteiger partial charge in [0.2, 0.25) is 5.91 Å². The van der Waals surface area contributed by atoms with Gasteiger partial charge in [0.05, 0.1) is 4.75 Å². The maximum atomic E-state index is 11.5. The van der Waals surface area contributed by atoms with Crippen LogP contribution in [-0.2, 0) is 4.79 Å². The minimum Gasteiger partial charge on any atom is -0.351 e. The van der Waals surface area contributed by atoms with Crippen molar-refractivity contribution in [1.82, 2.24) is 5.32 Å². The molecule has 0 spiro atoms. The Balaban J connectivity index is 4.18. The largest absolute Gasteiger partial charge is 0.351 e. The molecule has 1 amide bonds. The van der Waals surface area contributed by atoms with Gasteiger partial charge in [0, 0.05) is 11.8 Å². The molecule has 0 aliphatic rings. The lowest BCUT2D eigenvalue weighted by Gasteiger charge is -2.25. The Morgan fingerprint density at radius 2 is 1.92 bits per heavy atom. The smallest absolute Gasteiger partial charge is 0.235 e. The van der Waals surface area contributed by atoms with Gasteiger partial charge in [-0.15, -0.1) is 0 Å². The van der Waals surface area contributed by atoms with Gasteiger partial charge in [-0.05, 0) is 19.8 Å². The lowest BCUT2D eigenvalue weighted by molar-refractivity contribution is -0.123. The molecule has 0 fully saturated rings. The first-order valence-electron chi connectivity index (χ1n) is 4.43. The minimum atomic E-state index is -0.615. The Kier molecular flexibility index (Phi) is 5.22. The van der Waals surface area contributed by atoms with Crippen molar-refractivity contribution in [2.75, 3.05) is 5.75 Å². The zero-order valence-electron chi connectivity index (χ0n) is 8.66. The van der Waals surface area contributed by atoms with Crippen LogP contribution >= 0.6 is 25.3 Å². The predicted octanol–water partition coefficient (Wildman–Crippen LogP) is 1.77. The van der Waals surface area contributed by atoms with E-state index in [1.165, 1.54) is 0 Å². The van der Waals surface area contributed by atoms with Crippen LogP contribution in [0.25, 0.3) is 0 Å². The van der Waals surface area contributed by atoms with Gasteiger partial charge in [0.15, 0.2) is 0 Å². The van der Waals surface area contributed by atoms with E-state index in [9.17, 15) is 4.79 Å². The van der Waals surface area contributed by atoms with E-state index in [-0.39, 0.29) is 11.9 Å². The lowest BCUT2D eigenvalue weighted by Crippen LogP contribution is -2.46. The summed E-state index contributed by atoms with van der Waals surface area (Å²) in [5, 5.41) is 2.91. The van der Waals surface area contributed by atoms with Crippen molar-refractivity contribution in [1.29, 1.82) is 0 Å². The zero-order valence-corrected chi connectivity index (χ0v) is 10.5. The van der Waals surface area contributed by atoms with Gasteiger partial charge >= 0.3 is 0 Å². The molecule has 0 radical (unpaired) electrons. The highest BCUT2D eigenvalue weighted by Crippen LogP contribution is 2.13. The average Bonchev–Trinajstić information content (AvgIpc) is 1.96. The van der Waals surface area contributed by atoms with Crippen LogP contribution in [0.15, 0.2) is 0 Å². The van der Waals surface area contributed by atoms with E-state index in [0.29, 0.717) is 11.7 Å². The molecule has 0 heterocycles. The van der Waals surface area contributed by atoms with Gasteiger partial charge in [0.25, 0.3) is 0 Å². The van der Waals surface area contributed by atoms with Gasteiger partial charge in [-0.1, -0.05) is 13.8 Å². The third-order valence-corrected chi connectivity index (χ3v) is 2.47. The average molecular weight is 221 g/mol. The highest BCUT2D eigenvalue weighted by molar-refractivity contribution is 7.82. The maximum absolute atomic E-state index is 11.5. The molecule has 0 aromatic heterocycles. The Morgan fingerprint density at radius 1 is 1.46 bits per heavy atom. The summed E-state index contributed by atoms with van der Waals surface area (Å²) in [6.45, 7) is 7.68. The monoisotopic (exact) mass is 221 g/mol. The van der Waals surface area contributed by atoms with Crippen LogP contribution in [0.4, 0.5) is 0 Å². The molecule has 0 aromatic carbocycles. The molecule has 1 N–H and O–H groups in total. The number of hydrogen-bond donors (Lipinski definition) is 3. The van der Waals surface area contributed by atoms with E-state index < -0.39 is 4.75 Å². The van der Waals surface area contributed by atoms with Gasteiger partial charge in [0.1, 0.15) is 0 Å². The lowest BCUT2D eigenvalue weighted by atomic mass is 10.1. The number of nitrogens with one attached hydrogen (secondary N) is 1. The standard InChI is InChI=1S/C9H19NOS2/c1-6(2)7(5-12)10-8(11)9(3,4)13/h6-7,12-13H,5H2,1-4H3,(H,10,11)/t7-/m0/s1. The molecule has 0 aliphatic carbocycles. The number of carbonyl (C=O) groups is 1. The van der Waals surface area contributed by atoms with Crippen LogP contribution in [0.3, 0.4) is 0 Å². The molecule has 0 saturated carbocycles. The normalized spacial score (nSPS) is 14.4. The third kappa shape index (κ3) is 4.81. The summed E-state index contributed by atoms with van der Waals surface area (Å²) < 4.78 is -0.615. The second-order valence-electron chi connectivity index (χ2n) is 4.07. The SMILES string of the molecule is CC(C)[C@H](CS)NC(=O)C(C)(C)S. The Bertz CT molecular complexity index is 175. The summed E-state index contributed by atoms with van der Waals surface area (Å²) in [5.41, 5.74) is 0. The first-order chi connectivity index (χ1) is 5.79. The summed E-state index contributed by atoms with van der Waals surface area (Å²) in [5.74, 6) is 1.02. The minimum absolute atomic E-state index is 0.0383. The fraction of sp³-hybridized carbons (Fsp3) is 0.889. The number of rotatable bonds is 4. The van der Waals surface area contributed by atoms with Crippen molar-refractivity contribution < 1.29 is 4.79 Å². The molecule has 0 aromatic rings. The highest BCUT2D eigenvalue weighted by atomic mass is 32.1. The Morgan fingerprint density at radius 3 is 2.15 bits per heavy atom. The molecule has 0 aliphatic heterocycles. The van der Waals surface area contributed by atoms with Crippen molar-refractivity contribution in [2.45, 2.75) is 38.5 Å². The molecule has 0 rings (SSSR count). The van der Waals surface area contributed by atoms with Crippen LogP contribution < -0.4 is 5.32 Å². The zero-order chi connectivity index (χ0) is 10.6. The van der Waals surface area contributed by atoms with Crippen LogP contribution in [0.2, 0.25) is 0 Å². The summed E-state index contributed by atoms with van der Waals surface area (Å²) in [4.78, 5) is 11.5. The summed E-state index contributed by atoms with van der Waals surface area (Å²) in [6.07, 6.45) is 0. The van der Waals surface area contributed by atoms with E-state index >= 15 is 0 Å². The number of amides is 1. The third-order valence-electron chi connectivity index (χ3n) is 1.87. The van der Waals surface area contributed by atoms with Crippen molar-refractivity contribution in [3.05, 3.63) is 0 Å². The van der Waals surface area contributed by atoms with Crippen LogP contribution in [-0.4, -0.2) is 22.4 Å². The first-order valence-corrected chi connectivity index (χ1v) is 5.51. The van der Waals surface area contributed by atoms with Crippen LogP contribution in [0.5, 0.6) is 0 Å². The number of thiol groups is 2. The van der Waals surface area contributed by atoms with E-state index in [2.05, 4.69) is 44.4 Å². The molecular weight excluding hydrogens is 202 g/mol. The molecule has 13 heavy (non-hydrogen) atoms. The molecule has 0 saturated heterocycles. The van der Waals surface area contributed by atoms with E-state index in [1.807, 2.05) is 0 Å². The van der Waals surface area contributed by atoms with Crippen LogP contribution in [0.1, 0.15) is 27.7 Å². The quantitative estimate of drug-likeness (QED) is 0.621. The molecule has 78 valence electrons.